The number of hydrogen-bond donors (Lipinski definition) is 2. The van der Waals surface area contributed by atoms with Crippen molar-refractivity contribution in [3.8, 4) is 0 Å². The van der Waals surface area contributed by atoms with Gasteiger partial charge in [0.1, 0.15) is 0 Å². The van der Waals surface area contributed by atoms with Gasteiger partial charge in [0.05, 0.1) is 4.90 Å². The molecule has 1 aromatic rings. The van der Waals surface area contributed by atoms with E-state index in [-0.39, 0.29) is 0 Å². The molecule has 0 aliphatic carbocycles. The molecular weight excluding hydrogens is 286 g/mol. The molecule has 0 unspecified atom stereocenters. The number of benzene rings is 1. The lowest BCUT2D eigenvalue weighted by Crippen LogP contribution is -2.35. The van der Waals surface area contributed by atoms with Gasteiger partial charge in [-0.2, -0.15) is 0 Å². The number of hydrogen-bond acceptors (Lipinski definition) is 4. The molecule has 0 heterocycles. The zero-order chi connectivity index (χ0) is 15.9. The Morgan fingerprint density at radius 1 is 1.24 bits per heavy atom. The predicted molar refractivity (Wildman–Crippen MR) is 86.7 cm³/mol. The van der Waals surface area contributed by atoms with Crippen LogP contribution in [0.2, 0.25) is 0 Å². The quantitative estimate of drug-likeness (QED) is 0.724. The minimum Gasteiger partial charge on any atom is -0.326 e. The van der Waals surface area contributed by atoms with Crippen LogP contribution in [0.3, 0.4) is 0 Å². The lowest BCUT2D eigenvalue weighted by atomic mass is 10.1. The molecule has 0 saturated carbocycles. The molecule has 0 fully saturated rings. The van der Waals surface area contributed by atoms with E-state index in [1.807, 2.05) is 6.92 Å². The molecule has 5 nitrogen and oxygen atoms in total. The third-order valence-corrected chi connectivity index (χ3v) is 5.01. The van der Waals surface area contributed by atoms with Crippen LogP contribution in [0, 0.1) is 6.92 Å². The van der Waals surface area contributed by atoms with Crippen molar-refractivity contribution in [2.45, 2.75) is 38.6 Å². The van der Waals surface area contributed by atoms with E-state index in [4.69, 9.17) is 5.73 Å². The first-order valence-electron chi connectivity index (χ1n) is 7.46. The largest absolute Gasteiger partial charge is 0.326 e. The average molecular weight is 313 g/mol. The number of aryl methyl sites for hydroxylation is 1. The zero-order valence-electron chi connectivity index (χ0n) is 13.2. The van der Waals surface area contributed by atoms with Gasteiger partial charge in [-0.05, 0) is 49.7 Å². The summed E-state index contributed by atoms with van der Waals surface area (Å²) < 4.78 is 27.2. The van der Waals surface area contributed by atoms with Crippen molar-refractivity contribution in [1.29, 1.82) is 0 Å². The van der Waals surface area contributed by atoms with Crippen LogP contribution >= 0.6 is 0 Å². The Morgan fingerprint density at radius 2 is 1.95 bits per heavy atom. The highest BCUT2D eigenvalue weighted by Gasteiger charge is 2.14. The van der Waals surface area contributed by atoms with Crippen molar-refractivity contribution in [1.82, 2.24) is 9.62 Å². The van der Waals surface area contributed by atoms with Crippen LogP contribution < -0.4 is 10.5 Å². The van der Waals surface area contributed by atoms with Gasteiger partial charge in [-0.1, -0.05) is 19.9 Å². The molecule has 6 heteroatoms. The third kappa shape index (κ3) is 5.39. The molecule has 0 amide bonds. The summed E-state index contributed by atoms with van der Waals surface area (Å²) in [7, 11) is -3.44. The highest BCUT2D eigenvalue weighted by molar-refractivity contribution is 7.89. The number of nitrogens with one attached hydrogen (secondary N) is 1. The summed E-state index contributed by atoms with van der Waals surface area (Å²) in [6.07, 6.45) is 1.07. The molecule has 3 N–H and O–H groups in total. The van der Waals surface area contributed by atoms with Crippen LogP contribution in [0.25, 0.3) is 0 Å². The van der Waals surface area contributed by atoms with Crippen molar-refractivity contribution < 1.29 is 8.42 Å². The fraction of sp³-hybridized carbons (Fsp3) is 0.600. The van der Waals surface area contributed by atoms with Crippen molar-refractivity contribution in [2.24, 2.45) is 5.73 Å². The highest BCUT2D eigenvalue weighted by Crippen LogP contribution is 2.14. The summed E-state index contributed by atoms with van der Waals surface area (Å²) in [5.41, 5.74) is 7.47. The van der Waals surface area contributed by atoms with E-state index < -0.39 is 10.0 Å². The van der Waals surface area contributed by atoms with E-state index in [1.54, 1.807) is 18.2 Å². The fourth-order valence-corrected chi connectivity index (χ4v) is 3.34. The number of likely N-dealkylation sites (N-methyl/N-ethyl adjacent to an activating group) is 1. The third-order valence-electron chi connectivity index (χ3n) is 3.55. The summed E-state index contributed by atoms with van der Waals surface area (Å²) in [6, 6.07) is 5.06. The lowest BCUT2D eigenvalue weighted by Gasteiger charge is -2.19. The summed E-state index contributed by atoms with van der Waals surface area (Å²) in [5.74, 6) is 0. The lowest BCUT2D eigenvalue weighted by molar-refractivity contribution is 0.293. The molecule has 0 aliphatic heterocycles. The van der Waals surface area contributed by atoms with Gasteiger partial charge in [-0.25, -0.2) is 13.1 Å². The topological polar surface area (TPSA) is 75.4 Å². The fourth-order valence-electron chi connectivity index (χ4n) is 2.23. The van der Waals surface area contributed by atoms with E-state index in [9.17, 15) is 8.42 Å². The van der Waals surface area contributed by atoms with Crippen LogP contribution in [-0.2, 0) is 16.6 Å². The molecule has 0 atom stereocenters. The second-order valence-electron chi connectivity index (χ2n) is 5.12. The second-order valence-corrected chi connectivity index (χ2v) is 6.89. The van der Waals surface area contributed by atoms with E-state index in [1.165, 1.54) is 0 Å². The Morgan fingerprint density at radius 3 is 2.48 bits per heavy atom. The molecule has 21 heavy (non-hydrogen) atoms. The van der Waals surface area contributed by atoms with Crippen molar-refractivity contribution in [2.75, 3.05) is 26.2 Å². The summed E-state index contributed by atoms with van der Waals surface area (Å²) in [4.78, 5) is 2.53. The SMILES string of the molecule is CCCN(CC)CCNS(=O)(=O)c1ccc(CN)c(C)c1. The summed E-state index contributed by atoms with van der Waals surface area (Å²) in [6.45, 7) is 9.57. The number of sulfonamides is 1. The van der Waals surface area contributed by atoms with Gasteiger partial charge in [0.25, 0.3) is 0 Å². The Bertz CT molecular complexity index is 544. The van der Waals surface area contributed by atoms with E-state index in [0.717, 1.165) is 37.2 Å². The van der Waals surface area contributed by atoms with Crippen molar-refractivity contribution >= 4 is 10.0 Å². The predicted octanol–water partition coefficient (Wildman–Crippen LogP) is 1.46. The molecule has 0 aliphatic rings. The molecule has 0 bridgehead atoms. The average Bonchev–Trinajstić information content (AvgIpc) is 2.46. The van der Waals surface area contributed by atoms with Crippen LogP contribution in [0.1, 0.15) is 31.4 Å². The first-order valence-corrected chi connectivity index (χ1v) is 8.94. The normalized spacial score (nSPS) is 12.0. The molecule has 1 aromatic carbocycles. The number of nitrogens with two attached hydrogens (primary N) is 1. The Kier molecular flexibility index (Phi) is 7.31. The first-order chi connectivity index (χ1) is 9.94. The van der Waals surface area contributed by atoms with E-state index in [0.29, 0.717) is 18.0 Å². The van der Waals surface area contributed by atoms with Gasteiger partial charge >= 0.3 is 0 Å². The minimum atomic E-state index is -3.44. The first kappa shape index (κ1) is 18.1. The highest BCUT2D eigenvalue weighted by atomic mass is 32.2. The maximum Gasteiger partial charge on any atom is 0.240 e. The Labute approximate surface area is 128 Å². The van der Waals surface area contributed by atoms with Gasteiger partial charge in [0, 0.05) is 19.6 Å². The monoisotopic (exact) mass is 313 g/mol. The summed E-state index contributed by atoms with van der Waals surface area (Å²) in [5, 5.41) is 0. The molecular formula is C15H27N3O2S. The second kappa shape index (κ2) is 8.48. The van der Waals surface area contributed by atoms with Crippen molar-refractivity contribution in [3.63, 3.8) is 0 Å². The molecule has 0 radical (unpaired) electrons. The maximum atomic E-state index is 12.3. The standard InChI is InChI=1S/C15H27N3O2S/c1-4-9-18(5-2)10-8-17-21(19,20)15-7-6-14(12-16)13(3)11-15/h6-7,11,17H,4-5,8-10,12,16H2,1-3H3. The number of rotatable bonds is 9. The Balaban J connectivity index is 2.67. The van der Waals surface area contributed by atoms with Crippen molar-refractivity contribution in [3.05, 3.63) is 29.3 Å². The zero-order valence-corrected chi connectivity index (χ0v) is 14.0. The van der Waals surface area contributed by atoms with Gasteiger partial charge in [0.2, 0.25) is 10.0 Å². The van der Waals surface area contributed by atoms with Gasteiger partial charge in [-0.15, -0.1) is 0 Å². The van der Waals surface area contributed by atoms with Crippen LogP contribution in [0.5, 0.6) is 0 Å². The number of nitrogens with zero attached hydrogens (tertiary/aromatic N) is 1. The maximum absolute atomic E-state index is 12.3. The Hall–Kier alpha value is -0.950. The van der Waals surface area contributed by atoms with Gasteiger partial charge < -0.3 is 10.6 Å². The van der Waals surface area contributed by atoms with Crippen LogP contribution in [0.4, 0.5) is 0 Å². The molecule has 0 saturated heterocycles. The van der Waals surface area contributed by atoms with Gasteiger partial charge in [0.15, 0.2) is 0 Å². The smallest absolute Gasteiger partial charge is 0.240 e. The molecule has 0 aromatic heterocycles. The minimum absolute atomic E-state index is 0.302. The van der Waals surface area contributed by atoms with Crippen LogP contribution in [-0.4, -0.2) is 39.5 Å². The molecule has 120 valence electrons. The van der Waals surface area contributed by atoms with Gasteiger partial charge in [-0.3, -0.25) is 0 Å². The van der Waals surface area contributed by atoms with E-state index >= 15 is 0 Å². The van der Waals surface area contributed by atoms with Crippen LogP contribution in [0.15, 0.2) is 23.1 Å². The molecule has 0 spiro atoms. The van der Waals surface area contributed by atoms with E-state index in [2.05, 4.69) is 23.5 Å². The summed E-state index contributed by atoms with van der Waals surface area (Å²) >= 11 is 0. The molecule has 1 rings (SSSR count).